The summed E-state index contributed by atoms with van der Waals surface area (Å²) in [7, 11) is 0. The summed E-state index contributed by atoms with van der Waals surface area (Å²) in [4.78, 5) is 48.4. The van der Waals surface area contributed by atoms with E-state index in [1.165, 1.54) is 0 Å². The Morgan fingerprint density at radius 2 is 1.84 bits per heavy atom. The Hall–Kier alpha value is -2.36. The highest BCUT2D eigenvalue weighted by Crippen LogP contribution is 2.25. The van der Waals surface area contributed by atoms with Crippen LogP contribution < -0.4 is 21.7 Å². The van der Waals surface area contributed by atoms with Gasteiger partial charge < -0.3 is 31.3 Å². The molecular formula is C21H39N5O5. The van der Waals surface area contributed by atoms with Crippen molar-refractivity contribution in [3.63, 3.8) is 0 Å². The third kappa shape index (κ3) is 10.5. The first kappa shape index (κ1) is 26.7. The molecule has 31 heavy (non-hydrogen) atoms. The first-order valence-corrected chi connectivity index (χ1v) is 10.9. The van der Waals surface area contributed by atoms with Gasteiger partial charge in [0.05, 0.1) is 0 Å². The number of hydrogen-bond acceptors (Lipinski definition) is 6. The minimum atomic E-state index is -0.541. The van der Waals surface area contributed by atoms with Crippen molar-refractivity contribution in [3.8, 4) is 0 Å². The van der Waals surface area contributed by atoms with Crippen molar-refractivity contribution in [2.75, 3.05) is 13.1 Å². The fourth-order valence-electron chi connectivity index (χ4n) is 3.54. The lowest BCUT2D eigenvalue weighted by Gasteiger charge is -2.27. The predicted molar refractivity (Wildman–Crippen MR) is 117 cm³/mol. The van der Waals surface area contributed by atoms with Gasteiger partial charge in [0.2, 0.25) is 18.2 Å². The smallest absolute Gasteiger partial charge is 0.407 e. The summed E-state index contributed by atoms with van der Waals surface area (Å²) in [6, 6.07) is -0.809. The van der Waals surface area contributed by atoms with Gasteiger partial charge in [-0.15, -0.1) is 0 Å². The molecule has 0 spiro atoms. The van der Waals surface area contributed by atoms with Crippen molar-refractivity contribution < 1.29 is 23.9 Å². The van der Waals surface area contributed by atoms with E-state index in [2.05, 4.69) is 16.0 Å². The topological polar surface area (TPSA) is 143 Å². The standard InChI is InChI=1S/C21H39N5O5/c1-14(6-9-18(22)28)24-19(29)17-8-7-16(26(17)13-27)10-11-23-12-15(2)25-20(30)31-21(3,4)5/h13-17,23H,6-12H2,1-5H3,(H2,22,28)(H,24,29)(H,25,30). The Kier molecular flexibility index (Phi) is 10.7. The molecule has 0 aliphatic carbocycles. The molecule has 1 rings (SSSR count). The molecule has 1 heterocycles. The molecule has 0 saturated carbocycles. The number of ether oxygens (including phenoxy) is 1. The summed E-state index contributed by atoms with van der Waals surface area (Å²) >= 11 is 0. The molecule has 0 aromatic heterocycles. The Balaban J connectivity index is 2.36. The molecule has 0 bridgehead atoms. The Bertz CT molecular complexity index is 622. The van der Waals surface area contributed by atoms with Crippen molar-refractivity contribution in [1.29, 1.82) is 0 Å². The first-order valence-electron chi connectivity index (χ1n) is 10.9. The van der Waals surface area contributed by atoms with Gasteiger partial charge in [-0.3, -0.25) is 14.4 Å². The van der Waals surface area contributed by atoms with Crippen LogP contribution in [0, 0.1) is 0 Å². The van der Waals surface area contributed by atoms with Crippen LogP contribution in [0.4, 0.5) is 4.79 Å². The van der Waals surface area contributed by atoms with E-state index < -0.39 is 23.6 Å². The highest BCUT2D eigenvalue weighted by Gasteiger charge is 2.36. The van der Waals surface area contributed by atoms with Gasteiger partial charge in [0.1, 0.15) is 11.6 Å². The van der Waals surface area contributed by atoms with E-state index in [9.17, 15) is 19.2 Å². The van der Waals surface area contributed by atoms with Gasteiger partial charge in [0, 0.05) is 31.1 Å². The van der Waals surface area contributed by atoms with Gasteiger partial charge in [-0.05, 0) is 66.8 Å². The molecule has 0 radical (unpaired) electrons. The van der Waals surface area contributed by atoms with E-state index in [4.69, 9.17) is 10.5 Å². The van der Waals surface area contributed by atoms with Crippen LogP contribution in [0.15, 0.2) is 0 Å². The van der Waals surface area contributed by atoms with Gasteiger partial charge in [-0.25, -0.2) is 4.79 Å². The van der Waals surface area contributed by atoms with Crippen LogP contribution in [-0.4, -0.2) is 72.1 Å². The molecule has 0 aromatic carbocycles. The Morgan fingerprint density at radius 3 is 2.42 bits per heavy atom. The number of carbonyl (C=O) groups excluding carboxylic acids is 4. The van der Waals surface area contributed by atoms with Crippen molar-refractivity contribution in [1.82, 2.24) is 20.9 Å². The summed E-state index contributed by atoms with van der Waals surface area (Å²) in [5, 5.41) is 8.90. The number of nitrogens with two attached hydrogens (primary N) is 1. The van der Waals surface area contributed by atoms with E-state index in [1.807, 2.05) is 34.6 Å². The van der Waals surface area contributed by atoms with Crippen LogP contribution in [0.1, 0.15) is 66.7 Å². The highest BCUT2D eigenvalue weighted by molar-refractivity contribution is 5.84. The molecular weight excluding hydrogens is 402 g/mol. The van der Waals surface area contributed by atoms with Crippen LogP contribution in [0.5, 0.6) is 0 Å². The van der Waals surface area contributed by atoms with E-state index >= 15 is 0 Å². The summed E-state index contributed by atoms with van der Waals surface area (Å²) in [5.41, 5.74) is 4.60. The largest absolute Gasteiger partial charge is 0.444 e. The maximum atomic E-state index is 12.5. The zero-order valence-corrected chi connectivity index (χ0v) is 19.4. The maximum Gasteiger partial charge on any atom is 0.407 e. The number of carbonyl (C=O) groups is 4. The number of rotatable bonds is 12. The lowest BCUT2D eigenvalue weighted by atomic mass is 10.1. The highest BCUT2D eigenvalue weighted by atomic mass is 16.6. The molecule has 10 heteroatoms. The average molecular weight is 442 g/mol. The number of primary amides is 1. The molecule has 5 N–H and O–H groups in total. The molecule has 10 nitrogen and oxygen atoms in total. The number of alkyl carbamates (subject to hydrolysis) is 1. The van der Waals surface area contributed by atoms with E-state index in [0.29, 0.717) is 32.4 Å². The van der Waals surface area contributed by atoms with Crippen molar-refractivity contribution in [2.24, 2.45) is 5.73 Å². The van der Waals surface area contributed by atoms with Crippen LogP contribution in [0.25, 0.3) is 0 Å². The minimum absolute atomic E-state index is 0.0178. The molecule has 1 aliphatic heterocycles. The Morgan fingerprint density at radius 1 is 1.16 bits per heavy atom. The van der Waals surface area contributed by atoms with Crippen LogP contribution in [-0.2, 0) is 19.1 Å². The third-order valence-corrected chi connectivity index (χ3v) is 5.06. The summed E-state index contributed by atoms with van der Waals surface area (Å²) < 4.78 is 5.23. The third-order valence-electron chi connectivity index (χ3n) is 5.06. The quantitative estimate of drug-likeness (QED) is 0.258. The predicted octanol–water partition coefficient (Wildman–Crippen LogP) is 0.639. The van der Waals surface area contributed by atoms with Gasteiger partial charge in [-0.1, -0.05) is 0 Å². The van der Waals surface area contributed by atoms with Gasteiger partial charge in [-0.2, -0.15) is 0 Å². The molecule has 1 aliphatic rings. The van der Waals surface area contributed by atoms with Crippen molar-refractivity contribution in [3.05, 3.63) is 0 Å². The second kappa shape index (κ2) is 12.5. The second-order valence-electron chi connectivity index (χ2n) is 9.25. The van der Waals surface area contributed by atoms with Gasteiger partial charge in [0.15, 0.2) is 0 Å². The minimum Gasteiger partial charge on any atom is -0.444 e. The normalized spacial score (nSPS) is 20.6. The summed E-state index contributed by atoms with van der Waals surface area (Å²) in [6.45, 7) is 10.3. The number of nitrogens with one attached hydrogen (secondary N) is 3. The lowest BCUT2D eigenvalue weighted by molar-refractivity contribution is -0.133. The number of likely N-dealkylation sites (tertiary alicyclic amines) is 1. The molecule has 1 saturated heterocycles. The maximum absolute atomic E-state index is 12.5. The molecule has 1 fully saturated rings. The Labute approximate surface area is 185 Å². The SMILES string of the molecule is CC(CNCCC1CCC(C(=O)NC(C)CCC(N)=O)N1C=O)NC(=O)OC(C)(C)C. The summed E-state index contributed by atoms with van der Waals surface area (Å²) in [6.07, 6.45) is 3.02. The van der Waals surface area contributed by atoms with E-state index in [0.717, 1.165) is 12.8 Å². The fraction of sp³-hybridized carbons (Fsp3) is 0.810. The summed E-state index contributed by atoms with van der Waals surface area (Å²) in [5.74, 6) is -0.602. The number of amides is 4. The first-order chi connectivity index (χ1) is 14.4. The molecule has 0 aromatic rings. The van der Waals surface area contributed by atoms with Crippen molar-refractivity contribution in [2.45, 2.75) is 96.5 Å². The van der Waals surface area contributed by atoms with Gasteiger partial charge in [0.25, 0.3) is 0 Å². The van der Waals surface area contributed by atoms with Crippen molar-refractivity contribution >= 4 is 24.3 Å². The van der Waals surface area contributed by atoms with Gasteiger partial charge >= 0.3 is 6.09 Å². The second-order valence-corrected chi connectivity index (χ2v) is 9.25. The zero-order chi connectivity index (χ0) is 23.6. The molecule has 4 atom stereocenters. The van der Waals surface area contributed by atoms with Crippen LogP contribution in [0.3, 0.4) is 0 Å². The average Bonchev–Trinajstić information content (AvgIpc) is 3.04. The van der Waals surface area contributed by atoms with E-state index in [-0.39, 0.29) is 30.5 Å². The lowest BCUT2D eigenvalue weighted by Crippen LogP contribution is -2.48. The number of hydrogen-bond donors (Lipinski definition) is 4. The van der Waals surface area contributed by atoms with E-state index in [1.54, 1.807) is 4.90 Å². The molecule has 4 unspecified atom stereocenters. The number of nitrogens with zero attached hydrogens (tertiary/aromatic N) is 1. The monoisotopic (exact) mass is 441 g/mol. The zero-order valence-electron chi connectivity index (χ0n) is 19.4. The molecule has 178 valence electrons. The molecule has 4 amide bonds. The van der Waals surface area contributed by atoms with Crippen LogP contribution >= 0.6 is 0 Å². The fourth-order valence-corrected chi connectivity index (χ4v) is 3.54. The van der Waals surface area contributed by atoms with Crippen LogP contribution in [0.2, 0.25) is 0 Å².